The van der Waals surface area contributed by atoms with E-state index in [-0.39, 0.29) is 11.9 Å². The summed E-state index contributed by atoms with van der Waals surface area (Å²) in [5.74, 6) is 0.778. The Balaban J connectivity index is 2.83. The normalized spacial score (nSPS) is 11.8. The van der Waals surface area contributed by atoms with Crippen LogP contribution < -0.4 is 10.1 Å². The fourth-order valence-corrected chi connectivity index (χ4v) is 1.79. The largest absolute Gasteiger partial charge is 0.497 e. The van der Waals surface area contributed by atoms with Crippen molar-refractivity contribution in [1.82, 2.24) is 4.90 Å². The molecule has 0 saturated carbocycles. The zero-order valence-corrected chi connectivity index (χ0v) is 12.0. The van der Waals surface area contributed by atoms with Crippen molar-refractivity contribution in [2.45, 2.75) is 13.0 Å². The average molecular weight is 301 g/mol. The summed E-state index contributed by atoms with van der Waals surface area (Å²) < 4.78 is 6.04. The Morgan fingerprint density at radius 2 is 2.12 bits per heavy atom. The second-order valence-corrected chi connectivity index (χ2v) is 4.80. The number of nitrogens with zero attached hydrogens (tertiary/aromatic N) is 1. The molecule has 0 aliphatic carbocycles. The molecule has 0 fully saturated rings. The maximum absolute atomic E-state index is 11.7. The molecule has 4 nitrogen and oxygen atoms in total. The van der Waals surface area contributed by atoms with Crippen LogP contribution in [0, 0.1) is 0 Å². The highest BCUT2D eigenvalue weighted by Gasteiger charge is 2.15. The minimum absolute atomic E-state index is 0.0275. The highest BCUT2D eigenvalue weighted by molar-refractivity contribution is 9.10. The van der Waals surface area contributed by atoms with E-state index in [2.05, 4.69) is 21.2 Å². The fourth-order valence-electron chi connectivity index (χ4n) is 1.42. The molecule has 0 heterocycles. The van der Waals surface area contributed by atoms with Crippen LogP contribution in [-0.2, 0) is 4.79 Å². The second kappa shape index (κ2) is 5.91. The van der Waals surface area contributed by atoms with E-state index < -0.39 is 0 Å². The van der Waals surface area contributed by atoms with Crippen LogP contribution in [0.2, 0.25) is 0 Å². The smallest absolute Gasteiger partial charge is 0.244 e. The number of rotatable bonds is 4. The van der Waals surface area contributed by atoms with Gasteiger partial charge in [-0.1, -0.05) is 0 Å². The molecule has 0 aromatic heterocycles. The van der Waals surface area contributed by atoms with Gasteiger partial charge in [-0.3, -0.25) is 4.79 Å². The van der Waals surface area contributed by atoms with Crippen molar-refractivity contribution in [3.8, 4) is 5.75 Å². The molecule has 1 aromatic rings. The molecule has 0 radical (unpaired) electrons. The predicted octanol–water partition coefficient (Wildman–Crippen LogP) is 2.35. The summed E-state index contributed by atoms with van der Waals surface area (Å²) in [4.78, 5) is 13.3. The van der Waals surface area contributed by atoms with Gasteiger partial charge in [0.25, 0.3) is 0 Å². The third kappa shape index (κ3) is 3.63. The lowest BCUT2D eigenvalue weighted by Crippen LogP contribution is -2.36. The average Bonchev–Trinajstić information content (AvgIpc) is 2.30. The first-order valence-electron chi connectivity index (χ1n) is 5.27. The van der Waals surface area contributed by atoms with Gasteiger partial charge in [0.1, 0.15) is 11.8 Å². The van der Waals surface area contributed by atoms with Crippen LogP contribution in [0.3, 0.4) is 0 Å². The zero-order chi connectivity index (χ0) is 13.0. The number of benzene rings is 1. The highest BCUT2D eigenvalue weighted by atomic mass is 79.9. The lowest BCUT2D eigenvalue weighted by Gasteiger charge is -2.20. The molecule has 0 aliphatic heterocycles. The first-order valence-corrected chi connectivity index (χ1v) is 6.06. The van der Waals surface area contributed by atoms with E-state index in [1.54, 1.807) is 26.1 Å². The van der Waals surface area contributed by atoms with Crippen molar-refractivity contribution in [2.75, 3.05) is 26.5 Å². The van der Waals surface area contributed by atoms with Gasteiger partial charge in [-0.25, -0.2) is 0 Å². The molecule has 5 heteroatoms. The third-order valence-electron chi connectivity index (χ3n) is 2.36. The van der Waals surface area contributed by atoms with Gasteiger partial charge >= 0.3 is 0 Å². The number of ether oxygens (including phenoxy) is 1. The third-order valence-corrected chi connectivity index (χ3v) is 3.05. The number of halogens is 1. The molecule has 1 amide bonds. The van der Waals surface area contributed by atoms with E-state index in [4.69, 9.17) is 4.74 Å². The Morgan fingerprint density at radius 1 is 1.47 bits per heavy atom. The monoisotopic (exact) mass is 300 g/mol. The molecule has 0 aliphatic rings. The molecule has 94 valence electrons. The number of anilines is 1. The number of likely N-dealkylation sites (N-methyl/N-ethyl adjacent to an activating group) is 1. The first kappa shape index (κ1) is 13.8. The maximum Gasteiger partial charge on any atom is 0.244 e. The molecule has 1 N–H and O–H groups in total. The number of carbonyl (C=O) groups excluding carboxylic acids is 1. The van der Waals surface area contributed by atoms with Gasteiger partial charge in [-0.05, 0) is 35.0 Å². The van der Waals surface area contributed by atoms with Gasteiger partial charge in [0.05, 0.1) is 12.8 Å². The molecule has 1 atom stereocenters. The minimum Gasteiger partial charge on any atom is -0.497 e. The van der Waals surface area contributed by atoms with E-state index >= 15 is 0 Å². The maximum atomic E-state index is 11.7. The van der Waals surface area contributed by atoms with Gasteiger partial charge in [0.15, 0.2) is 0 Å². The van der Waals surface area contributed by atoms with Crippen LogP contribution in [0.4, 0.5) is 5.69 Å². The van der Waals surface area contributed by atoms with Crippen molar-refractivity contribution in [3.05, 3.63) is 22.7 Å². The second-order valence-electron chi connectivity index (χ2n) is 3.94. The SMILES string of the molecule is COc1ccc(Br)c(NC(C)C(=O)N(C)C)c1. The van der Waals surface area contributed by atoms with Crippen molar-refractivity contribution >= 4 is 27.5 Å². The Hall–Kier alpha value is -1.23. The van der Waals surface area contributed by atoms with Crippen LogP contribution in [0.25, 0.3) is 0 Å². The summed E-state index contributed by atoms with van der Waals surface area (Å²) in [7, 11) is 5.09. The first-order chi connectivity index (χ1) is 7.95. The Bertz CT molecular complexity index is 407. The van der Waals surface area contributed by atoms with Crippen molar-refractivity contribution in [3.63, 3.8) is 0 Å². The standard InChI is InChI=1S/C12H17BrN2O2/c1-8(12(16)15(2)3)14-11-7-9(17-4)5-6-10(11)13/h5-8,14H,1-4H3. The van der Waals surface area contributed by atoms with E-state index in [0.29, 0.717) is 0 Å². The van der Waals surface area contributed by atoms with Gasteiger partial charge in [-0.2, -0.15) is 0 Å². The van der Waals surface area contributed by atoms with E-state index in [1.807, 2.05) is 25.1 Å². The molecular weight excluding hydrogens is 284 g/mol. The number of amides is 1. The summed E-state index contributed by atoms with van der Waals surface area (Å²) in [6.45, 7) is 1.83. The summed E-state index contributed by atoms with van der Waals surface area (Å²) in [5, 5.41) is 3.15. The quantitative estimate of drug-likeness (QED) is 0.928. The van der Waals surface area contributed by atoms with E-state index in [0.717, 1.165) is 15.9 Å². The summed E-state index contributed by atoms with van der Waals surface area (Å²) in [6.07, 6.45) is 0. The minimum atomic E-state index is -0.284. The number of hydrogen-bond acceptors (Lipinski definition) is 3. The van der Waals surface area contributed by atoms with Gasteiger partial charge in [0, 0.05) is 24.6 Å². The number of nitrogens with one attached hydrogen (secondary N) is 1. The molecule has 17 heavy (non-hydrogen) atoms. The van der Waals surface area contributed by atoms with Gasteiger partial charge < -0.3 is 15.0 Å². The van der Waals surface area contributed by atoms with Gasteiger partial charge in [0.2, 0.25) is 5.91 Å². The van der Waals surface area contributed by atoms with Crippen molar-refractivity contribution in [1.29, 1.82) is 0 Å². The Morgan fingerprint density at radius 3 is 2.65 bits per heavy atom. The lowest BCUT2D eigenvalue weighted by molar-refractivity contribution is -0.129. The number of carbonyl (C=O) groups is 1. The van der Waals surface area contributed by atoms with Crippen LogP contribution in [-0.4, -0.2) is 38.1 Å². The van der Waals surface area contributed by atoms with Crippen molar-refractivity contribution < 1.29 is 9.53 Å². The molecule has 1 unspecified atom stereocenters. The number of methoxy groups -OCH3 is 1. The fraction of sp³-hybridized carbons (Fsp3) is 0.417. The molecule has 1 rings (SSSR count). The zero-order valence-electron chi connectivity index (χ0n) is 10.5. The van der Waals surface area contributed by atoms with Crippen LogP contribution in [0.1, 0.15) is 6.92 Å². The Kier molecular flexibility index (Phi) is 4.81. The topological polar surface area (TPSA) is 41.6 Å². The molecule has 0 spiro atoms. The van der Waals surface area contributed by atoms with Crippen LogP contribution >= 0.6 is 15.9 Å². The van der Waals surface area contributed by atoms with Crippen LogP contribution in [0.5, 0.6) is 5.75 Å². The van der Waals surface area contributed by atoms with E-state index in [9.17, 15) is 4.79 Å². The lowest BCUT2D eigenvalue weighted by atomic mass is 10.2. The molecule has 0 bridgehead atoms. The summed E-state index contributed by atoms with van der Waals surface area (Å²) >= 11 is 3.43. The molecular formula is C12H17BrN2O2. The predicted molar refractivity (Wildman–Crippen MR) is 72.5 cm³/mol. The highest BCUT2D eigenvalue weighted by Crippen LogP contribution is 2.27. The number of hydrogen-bond donors (Lipinski definition) is 1. The summed E-state index contributed by atoms with van der Waals surface area (Å²) in [5.41, 5.74) is 0.840. The van der Waals surface area contributed by atoms with Crippen molar-refractivity contribution in [2.24, 2.45) is 0 Å². The van der Waals surface area contributed by atoms with Gasteiger partial charge in [-0.15, -0.1) is 0 Å². The summed E-state index contributed by atoms with van der Waals surface area (Å²) in [6, 6.07) is 5.30. The van der Waals surface area contributed by atoms with E-state index in [1.165, 1.54) is 0 Å². The Labute approximate surface area is 110 Å². The molecule has 1 aromatic carbocycles. The molecule has 0 saturated heterocycles. The van der Waals surface area contributed by atoms with Crippen LogP contribution in [0.15, 0.2) is 22.7 Å².